The third-order valence-electron chi connectivity index (χ3n) is 3.02. The van der Waals surface area contributed by atoms with Gasteiger partial charge in [-0.25, -0.2) is 4.79 Å². The van der Waals surface area contributed by atoms with Crippen LogP contribution in [0.3, 0.4) is 0 Å². The Labute approximate surface area is 123 Å². The van der Waals surface area contributed by atoms with Crippen LogP contribution in [0, 0.1) is 0 Å². The number of rotatable bonds is 8. The lowest BCUT2D eigenvalue weighted by atomic mass is 10.2. The molecule has 0 bridgehead atoms. The Kier molecular flexibility index (Phi) is 5.30. The van der Waals surface area contributed by atoms with Crippen molar-refractivity contribution < 1.29 is 19.4 Å². The molecule has 0 saturated heterocycles. The highest BCUT2D eigenvalue weighted by Gasteiger charge is 2.11. The zero-order valence-electron chi connectivity index (χ0n) is 12.3. The van der Waals surface area contributed by atoms with E-state index in [1.807, 2.05) is 28.9 Å². The van der Waals surface area contributed by atoms with Gasteiger partial charge >= 0.3 is 5.97 Å². The fourth-order valence-electron chi connectivity index (χ4n) is 2.10. The number of benzene rings is 1. The standard InChI is InChI=1S/C15H20N2O4/c1-11(2)17-14-6-4-3-5-12(14)13(16-17)9-20-7-8-21-10-15(18)19/h3-6,11H,7-10H2,1-2H3,(H,18,19). The van der Waals surface area contributed by atoms with E-state index in [0.29, 0.717) is 13.2 Å². The number of nitrogens with zero attached hydrogens (tertiary/aromatic N) is 2. The minimum atomic E-state index is -0.975. The molecule has 0 amide bonds. The van der Waals surface area contributed by atoms with Crippen molar-refractivity contribution in [3.8, 4) is 0 Å². The molecule has 0 saturated carbocycles. The van der Waals surface area contributed by atoms with Crippen LogP contribution in [-0.2, 0) is 20.9 Å². The van der Waals surface area contributed by atoms with Gasteiger partial charge in [-0.05, 0) is 19.9 Å². The highest BCUT2D eigenvalue weighted by atomic mass is 16.5. The normalized spacial score (nSPS) is 11.4. The Balaban J connectivity index is 1.94. The minimum absolute atomic E-state index is 0.259. The first-order valence-corrected chi connectivity index (χ1v) is 6.93. The Morgan fingerprint density at radius 2 is 2.00 bits per heavy atom. The van der Waals surface area contributed by atoms with Gasteiger partial charge in [0, 0.05) is 11.4 Å². The van der Waals surface area contributed by atoms with Gasteiger partial charge in [-0.3, -0.25) is 4.68 Å². The summed E-state index contributed by atoms with van der Waals surface area (Å²) < 4.78 is 12.4. The van der Waals surface area contributed by atoms with Crippen molar-refractivity contribution in [3.05, 3.63) is 30.0 Å². The molecule has 0 spiro atoms. The van der Waals surface area contributed by atoms with Crippen molar-refractivity contribution in [3.63, 3.8) is 0 Å². The number of aromatic nitrogens is 2. The summed E-state index contributed by atoms with van der Waals surface area (Å²) in [5, 5.41) is 14.1. The van der Waals surface area contributed by atoms with E-state index in [0.717, 1.165) is 16.6 Å². The zero-order chi connectivity index (χ0) is 15.2. The van der Waals surface area contributed by atoms with Crippen LogP contribution < -0.4 is 0 Å². The second-order valence-corrected chi connectivity index (χ2v) is 5.00. The molecule has 0 radical (unpaired) electrons. The SMILES string of the molecule is CC(C)n1nc(COCCOCC(=O)O)c2ccccc21. The molecule has 0 aliphatic carbocycles. The third-order valence-corrected chi connectivity index (χ3v) is 3.02. The van der Waals surface area contributed by atoms with Gasteiger partial charge in [0.2, 0.25) is 0 Å². The van der Waals surface area contributed by atoms with Gasteiger partial charge in [0.25, 0.3) is 0 Å². The summed E-state index contributed by atoms with van der Waals surface area (Å²) in [6, 6.07) is 8.33. The molecule has 1 heterocycles. The van der Waals surface area contributed by atoms with Crippen LogP contribution in [-0.4, -0.2) is 40.7 Å². The van der Waals surface area contributed by atoms with Crippen molar-refractivity contribution in [1.82, 2.24) is 9.78 Å². The average molecular weight is 292 g/mol. The van der Waals surface area contributed by atoms with Crippen molar-refractivity contribution >= 4 is 16.9 Å². The molecule has 1 N–H and O–H groups in total. The first-order valence-electron chi connectivity index (χ1n) is 6.93. The molecule has 0 unspecified atom stereocenters. The number of para-hydroxylation sites is 1. The van der Waals surface area contributed by atoms with Crippen LogP contribution >= 0.6 is 0 Å². The lowest BCUT2D eigenvalue weighted by Crippen LogP contribution is -2.11. The molecule has 6 heteroatoms. The van der Waals surface area contributed by atoms with Crippen LogP contribution in [0.4, 0.5) is 0 Å². The van der Waals surface area contributed by atoms with Gasteiger partial charge in [-0.1, -0.05) is 18.2 Å². The number of ether oxygens (including phenoxy) is 2. The van der Waals surface area contributed by atoms with Crippen LogP contribution in [0.1, 0.15) is 25.6 Å². The smallest absolute Gasteiger partial charge is 0.329 e. The second-order valence-electron chi connectivity index (χ2n) is 5.00. The lowest BCUT2D eigenvalue weighted by molar-refractivity contribution is -0.142. The summed E-state index contributed by atoms with van der Waals surface area (Å²) in [6.45, 7) is 4.86. The number of hydrogen-bond acceptors (Lipinski definition) is 4. The first kappa shape index (κ1) is 15.5. The van der Waals surface area contributed by atoms with Crippen molar-refractivity contribution in [2.24, 2.45) is 0 Å². The molecular formula is C15H20N2O4. The van der Waals surface area contributed by atoms with Gasteiger partial charge in [0.05, 0.1) is 31.0 Å². The molecular weight excluding hydrogens is 272 g/mol. The van der Waals surface area contributed by atoms with Crippen molar-refractivity contribution in [2.75, 3.05) is 19.8 Å². The monoisotopic (exact) mass is 292 g/mol. The third kappa shape index (κ3) is 4.03. The van der Waals surface area contributed by atoms with Crippen LogP contribution in [0.5, 0.6) is 0 Å². The summed E-state index contributed by atoms with van der Waals surface area (Å²) in [5.41, 5.74) is 1.98. The summed E-state index contributed by atoms with van der Waals surface area (Å²) in [4.78, 5) is 10.3. The van der Waals surface area contributed by atoms with Crippen LogP contribution in [0.2, 0.25) is 0 Å². The van der Waals surface area contributed by atoms with E-state index < -0.39 is 5.97 Å². The fourth-order valence-corrected chi connectivity index (χ4v) is 2.10. The molecule has 1 aromatic heterocycles. The molecule has 1 aromatic carbocycles. The summed E-state index contributed by atoms with van der Waals surface area (Å²) in [6.07, 6.45) is 0. The molecule has 0 fully saturated rings. The second kappa shape index (κ2) is 7.19. The molecule has 0 aliphatic heterocycles. The van der Waals surface area contributed by atoms with E-state index >= 15 is 0 Å². The Hall–Kier alpha value is -1.92. The number of carbonyl (C=O) groups is 1. The number of carboxylic acid groups (broad SMARTS) is 1. The minimum Gasteiger partial charge on any atom is -0.480 e. The molecule has 0 aliphatic rings. The van der Waals surface area contributed by atoms with E-state index in [4.69, 9.17) is 14.6 Å². The highest BCUT2D eigenvalue weighted by molar-refractivity contribution is 5.81. The molecule has 0 atom stereocenters. The largest absolute Gasteiger partial charge is 0.480 e. The Bertz CT molecular complexity index is 607. The number of carboxylic acids is 1. The van der Waals surface area contributed by atoms with Crippen LogP contribution in [0.25, 0.3) is 10.9 Å². The average Bonchev–Trinajstić information content (AvgIpc) is 2.82. The van der Waals surface area contributed by atoms with E-state index in [1.165, 1.54) is 0 Å². The number of fused-ring (bicyclic) bond motifs is 1. The number of hydrogen-bond donors (Lipinski definition) is 1. The summed E-state index contributed by atoms with van der Waals surface area (Å²) in [5.74, 6) is -0.975. The molecule has 21 heavy (non-hydrogen) atoms. The van der Waals surface area contributed by atoms with Crippen LogP contribution in [0.15, 0.2) is 24.3 Å². The Morgan fingerprint density at radius 1 is 1.29 bits per heavy atom. The van der Waals surface area contributed by atoms with Gasteiger partial charge < -0.3 is 14.6 Å². The molecule has 2 aromatic rings. The maximum absolute atomic E-state index is 10.3. The van der Waals surface area contributed by atoms with Crippen molar-refractivity contribution in [1.29, 1.82) is 0 Å². The Morgan fingerprint density at radius 3 is 2.71 bits per heavy atom. The highest BCUT2D eigenvalue weighted by Crippen LogP contribution is 2.22. The van der Waals surface area contributed by atoms with Crippen molar-refractivity contribution in [2.45, 2.75) is 26.5 Å². The number of aliphatic carboxylic acids is 1. The maximum atomic E-state index is 10.3. The topological polar surface area (TPSA) is 73.6 Å². The predicted octanol–water partition coefficient (Wildman–Crippen LogP) is 2.23. The molecule has 6 nitrogen and oxygen atoms in total. The zero-order valence-corrected chi connectivity index (χ0v) is 12.3. The maximum Gasteiger partial charge on any atom is 0.329 e. The predicted molar refractivity (Wildman–Crippen MR) is 78.2 cm³/mol. The summed E-state index contributed by atoms with van der Waals surface area (Å²) >= 11 is 0. The van der Waals surface area contributed by atoms with Gasteiger partial charge in [0.1, 0.15) is 6.61 Å². The fraction of sp³-hybridized carbons (Fsp3) is 0.467. The lowest BCUT2D eigenvalue weighted by Gasteiger charge is -2.06. The van der Waals surface area contributed by atoms with E-state index in [1.54, 1.807) is 0 Å². The van der Waals surface area contributed by atoms with Gasteiger partial charge in [-0.15, -0.1) is 0 Å². The van der Waals surface area contributed by atoms with Gasteiger partial charge in [-0.2, -0.15) is 5.10 Å². The summed E-state index contributed by atoms with van der Waals surface area (Å²) in [7, 11) is 0. The van der Waals surface area contributed by atoms with E-state index in [2.05, 4.69) is 18.9 Å². The molecule has 2 rings (SSSR count). The first-order chi connectivity index (χ1) is 10.1. The van der Waals surface area contributed by atoms with Gasteiger partial charge in [0.15, 0.2) is 0 Å². The molecule has 114 valence electrons. The van der Waals surface area contributed by atoms with E-state index in [-0.39, 0.29) is 19.3 Å². The van der Waals surface area contributed by atoms with E-state index in [9.17, 15) is 4.79 Å². The quantitative estimate of drug-likeness (QED) is 0.755.